The molecule has 1 aliphatic heterocycles. The number of hydrogen-bond donors (Lipinski definition) is 0. The highest BCUT2D eigenvalue weighted by Gasteiger charge is 2.30. The Hall–Kier alpha value is -2.66. The number of benzene rings is 2. The first kappa shape index (κ1) is 16.8. The van der Waals surface area contributed by atoms with Crippen LogP contribution >= 0.6 is 0 Å². The minimum atomic E-state index is 0.0905. The first-order valence-electron chi connectivity index (χ1n) is 8.99. The molecule has 1 aliphatic rings. The van der Waals surface area contributed by atoms with Gasteiger partial charge in [-0.05, 0) is 36.6 Å². The molecular weight excluding hydrogens is 326 g/mol. The fourth-order valence-corrected chi connectivity index (χ4v) is 3.42. The van der Waals surface area contributed by atoms with Gasteiger partial charge in [-0.3, -0.25) is 4.90 Å². The Morgan fingerprint density at radius 3 is 2.54 bits per heavy atom. The van der Waals surface area contributed by atoms with Crippen molar-refractivity contribution in [1.29, 1.82) is 0 Å². The first-order chi connectivity index (χ1) is 12.7. The fraction of sp³-hybridized carbons (Fsp3) is 0.333. The fourth-order valence-electron chi connectivity index (χ4n) is 3.42. The minimum Gasteiger partial charge on any atom is -0.492 e. The number of aryl methyl sites for hydroxylation is 2. The third-order valence-electron chi connectivity index (χ3n) is 4.84. The Bertz CT molecular complexity index is 873. The molecule has 3 aromatic rings. The zero-order chi connectivity index (χ0) is 17.9. The highest BCUT2D eigenvalue weighted by atomic mass is 16.5. The lowest BCUT2D eigenvalue weighted by Gasteiger charge is -2.34. The van der Waals surface area contributed by atoms with Crippen LogP contribution in [-0.4, -0.2) is 28.2 Å². The number of fused-ring (bicyclic) bond motifs is 1. The van der Waals surface area contributed by atoms with Gasteiger partial charge in [-0.15, -0.1) is 10.2 Å². The topological polar surface area (TPSA) is 51.4 Å². The van der Waals surface area contributed by atoms with Crippen LogP contribution in [0.4, 0.5) is 0 Å². The molecule has 0 unspecified atom stereocenters. The second-order valence-electron chi connectivity index (χ2n) is 6.78. The normalized spacial score (nSPS) is 17.1. The van der Waals surface area contributed by atoms with Gasteiger partial charge in [-0.1, -0.05) is 42.0 Å². The van der Waals surface area contributed by atoms with Gasteiger partial charge < -0.3 is 9.15 Å². The molecule has 0 bridgehead atoms. The summed E-state index contributed by atoms with van der Waals surface area (Å²) in [6.07, 6.45) is 0.877. The molecule has 5 heteroatoms. The summed E-state index contributed by atoms with van der Waals surface area (Å²) in [6, 6.07) is 16.8. The van der Waals surface area contributed by atoms with Crippen LogP contribution < -0.4 is 4.74 Å². The van der Waals surface area contributed by atoms with E-state index in [1.54, 1.807) is 0 Å². The number of rotatable bonds is 5. The van der Waals surface area contributed by atoms with Crippen molar-refractivity contribution in [2.24, 2.45) is 0 Å². The van der Waals surface area contributed by atoms with Crippen molar-refractivity contribution in [1.82, 2.24) is 15.1 Å². The molecule has 1 atom stereocenters. The molecule has 134 valence electrons. The van der Waals surface area contributed by atoms with Gasteiger partial charge >= 0.3 is 0 Å². The van der Waals surface area contributed by atoms with E-state index >= 15 is 0 Å². The molecule has 5 nitrogen and oxygen atoms in total. The van der Waals surface area contributed by atoms with Crippen LogP contribution in [0.25, 0.3) is 0 Å². The van der Waals surface area contributed by atoms with E-state index in [-0.39, 0.29) is 6.04 Å². The van der Waals surface area contributed by atoms with Gasteiger partial charge in [0.05, 0.1) is 6.04 Å². The summed E-state index contributed by atoms with van der Waals surface area (Å²) < 4.78 is 11.7. The van der Waals surface area contributed by atoms with Crippen molar-refractivity contribution in [3.8, 4) is 5.75 Å². The minimum absolute atomic E-state index is 0.0905. The summed E-state index contributed by atoms with van der Waals surface area (Å²) >= 11 is 0. The van der Waals surface area contributed by atoms with E-state index in [1.807, 2.05) is 19.1 Å². The molecule has 0 fully saturated rings. The molecule has 0 saturated carbocycles. The smallest absolute Gasteiger partial charge is 0.233 e. The van der Waals surface area contributed by atoms with Crippen molar-refractivity contribution in [2.75, 3.05) is 13.2 Å². The molecule has 4 rings (SSSR count). The summed E-state index contributed by atoms with van der Waals surface area (Å²) in [5, 5.41) is 8.28. The van der Waals surface area contributed by atoms with Gasteiger partial charge in [-0.2, -0.15) is 0 Å². The van der Waals surface area contributed by atoms with Crippen LogP contribution in [0.3, 0.4) is 0 Å². The van der Waals surface area contributed by atoms with Crippen LogP contribution in [0.15, 0.2) is 52.9 Å². The lowest BCUT2D eigenvalue weighted by atomic mass is 9.94. The van der Waals surface area contributed by atoms with Crippen molar-refractivity contribution in [2.45, 2.75) is 32.9 Å². The molecule has 1 aromatic heterocycles. The summed E-state index contributed by atoms with van der Waals surface area (Å²) in [5.41, 5.74) is 3.94. The SMILES string of the molecule is Cc1ccc(OCCN2Cc3ccccc3C[C@@H]2c2nnc(C)o2)cc1. The maximum atomic E-state index is 5.93. The molecular formula is C21H23N3O2. The second kappa shape index (κ2) is 7.30. The standard InChI is InChI=1S/C21H23N3O2/c1-15-7-9-19(10-8-15)25-12-11-24-14-18-6-4-3-5-17(18)13-20(24)21-23-22-16(2)26-21/h3-10,20H,11-14H2,1-2H3/t20-/m1/s1. The molecule has 0 radical (unpaired) electrons. The van der Waals surface area contributed by atoms with Gasteiger partial charge in [0.1, 0.15) is 12.4 Å². The summed E-state index contributed by atoms with van der Waals surface area (Å²) in [7, 11) is 0. The van der Waals surface area contributed by atoms with Crippen molar-refractivity contribution < 1.29 is 9.15 Å². The number of aromatic nitrogens is 2. The van der Waals surface area contributed by atoms with E-state index in [0.29, 0.717) is 18.4 Å². The lowest BCUT2D eigenvalue weighted by Crippen LogP contribution is -2.37. The molecule has 0 saturated heterocycles. The van der Waals surface area contributed by atoms with Crippen LogP contribution in [0, 0.1) is 13.8 Å². The molecule has 26 heavy (non-hydrogen) atoms. The summed E-state index contributed by atoms with van der Waals surface area (Å²) in [5.74, 6) is 2.19. The average molecular weight is 349 g/mol. The Balaban J connectivity index is 1.48. The van der Waals surface area contributed by atoms with Crippen molar-refractivity contribution in [3.05, 3.63) is 77.0 Å². The van der Waals surface area contributed by atoms with Gasteiger partial charge in [0.25, 0.3) is 0 Å². The third-order valence-corrected chi connectivity index (χ3v) is 4.84. The van der Waals surface area contributed by atoms with Gasteiger partial charge in [-0.25, -0.2) is 0 Å². The zero-order valence-corrected chi connectivity index (χ0v) is 15.2. The second-order valence-corrected chi connectivity index (χ2v) is 6.78. The Kier molecular flexibility index (Phi) is 4.71. The van der Waals surface area contributed by atoms with E-state index in [2.05, 4.69) is 58.4 Å². The highest BCUT2D eigenvalue weighted by Crippen LogP contribution is 2.32. The van der Waals surface area contributed by atoms with Crippen molar-refractivity contribution in [3.63, 3.8) is 0 Å². The van der Waals surface area contributed by atoms with E-state index in [9.17, 15) is 0 Å². The predicted molar refractivity (Wildman–Crippen MR) is 99.0 cm³/mol. The molecule has 0 amide bonds. The lowest BCUT2D eigenvalue weighted by molar-refractivity contribution is 0.121. The zero-order valence-electron chi connectivity index (χ0n) is 15.2. The Morgan fingerprint density at radius 2 is 1.81 bits per heavy atom. The Labute approximate surface area is 153 Å². The van der Waals surface area contributed by atoms with Crippen LogP contribution in [0.5, 0.6) is 5.75 Å². The van der Waals surface area contributed by atoms with Gasteiger partial charge in [0, 0.05) is 20.0 Å². The predicted octanol–water partition coefficient (Wildman–Crippen LogP) is 3.86. The number of nitrogens with zero attached hydrogens (tertiary/aromatic N) is 3. The monoisotopic (exact) mass is 349 g/mol. The van der Waals surface area contributed by atoms with E-state index < -0.39 is 0 Å². The largest absolute Gasteiger partial charge is 0.492 e. The molecule has 2 aromatic carbocycles. The molecule has 2 heterocycles. The highest BCUT2D eigenvalue weighted by molar-refractivity contribution is 5.31. The van der Waals surface area contributed by atoms with Gasteiger partial charge in [0.2, 0.25) is 11.8 Å². The summed E-state index contributed by atoms with van der Waals surface area (Å²) in [4.78, 5) is 2.36. The maximum absolute atomic E-state index is 5.93. The maximum Gasteiger partial charge on any atom is 0.233 e. The first-order valence-corrected chi connectivity index (χ1v) is 8.99. The molecule has 0 aliphatic carbocycles. The number of ether oxygens (including phenoxy) is 1. The molecule has 0 N–H and O–H groups in total. The van der Waals surface area contributed by atoms with E-state index in [1.165, 1.54) is 16.7 Å². The Morgan fingerprint density at radius 1 is 1.04 bits per heavy atom. The van der Waals surface area contributed by atoms with Crippen LogP contribution in [0.1, 0.15) is 34.5 Å². The van der Waals surface area contributed by atoms with Crippen LogP contribution in [0.2, 0.25) is 0 Å². The quantitative estimate of drug-likeness (QED) is 0.700. The summed E-state index contributed by atoms with van der Waals surface area (Å²) in [6.45, 7) is 6.19. The average Bonchev–Trinajstić information content (AvgIpc) is 3.09. The molecule has 0 spiro atoms. The van der Waals surface area contributed by atoms with Crippen molar-refractivity contribution >= 4 is 0 Å². The van der Waals surface area contributed by atoms with Crippen LogP contribution in [-0.2, 0) is 13.0 Å². The van der Waals surface area contributed by atoms with E-state index in [4.69, 9.17) is 9.15 Å². The van der Waals surface area contributed by atoms with Gasteiger partial charge in [0.15, 0.2) is 0 Å². The third kappa shape index (κ3) is 3.63. The number of hydrogen-bond acceptors (Lipinski definition) is 5. The van der Waals surface area contributed by atoms with E-state index in [0.717, 1.165) is 25.3 Å².